The zero-order chi connectivity index (χ0) is 15.1. The molecule has 0 spiro atoms. The Labute approximate surface area is 123 Å². The first kappa shape index (κ1) is 16.3. The van der Waals surface area contributed by atoms with Gasteiger partial charge < -0.3 is 14.4 Å². The number of carbonyl (C=O) groups excluding carboxylic acids is 2. The van der Waals surface area contributed by atoms with Crippen LogP contribution >= 0.6 is 11.6 Å². The van der Waals surface area contributed by atoms with Gasteiger partial charge in [-0.3, -0.25) is 9.59 Å². The van der Waals surface area contributed by atoms with E-state index in [1.807, 2.05) is 0 Å². The maximum absolute atomic E-state index is 11.9. The van der Waals surface area contributed by atoms with E-state index in [0.717, 1.165) is 0 Å². The Hall–Kier alpha value is -1.75. The van der Waals surface area contributed by atoms with Crippen molar-refractivity contribution in [2.45, 2.75) is 6.92 Å². The number of hydrogen-bond acceptors (Lipinski definition) is 4. The molecule has 1 aromatic rings. The van der Waals surface area contributed by atoms with Gasteiger partial charge in [-0.25, -0.2) is 0 Å². The van der Waals surface area contributed by atoms with Crippen molar-refractivity contribution < 1.29 is 19.1 Å². The first-order chi connectivity index (χ1) is 9.43. The van der Waals surface area contributed by atoms with Crippen molar-refractivity contribution >= 4 is 23.5 Å². The molecular weight excluding hydrogens is 282 g/mol. The highest BCUT2D eigenvalue weighted by Gasteiger charge is 2.18. The number of nitrogens with zero attached hydrogens (tertiary/aromatic N) is 1. The molecule has 1 unspecified atom stereocenters. The van der Waals surface area contributed by atoms with E-state index < -0.39 is 0 Å². The van der Waals surface area contributed by atoms with Crippen LogP contribution in [0.5, 0.6) is 5.75 Å². The van der Waals surface area contributed by atoms with Crippen LogP contribution in [0, 0.1) is 5.92 Å². The summed E-state index contributed by atoms with van der Waals surface area (Å²) in [5.41, 5.74) is 0. The standard InChI is InChI=1S/C14H18ClNO4/c1-10(14(18)19-3)8-16(2)13(17)9-20-12-6-4-5-11(15)7-12/h4-7,10H,8-9H2,1-3H3. The number of methoxy groups -OCH3 is 1. The molecule has 110 valence electrons. The van der Waals surface area contributed by atoms with E-state index in [0.29, 0.717) is 10.8 Å². The van der Waals surface area contributed by atoms with Crippen LogP contribution < -0.4 is 4.74 Å². The molecule has 0 aliphatic carbocycles. The molecule has 0 aliphatic heterocycles. The average Bonchev–Trinajstić information content (AvgIpc) is 2.43. The lowest BCUT2D eigenvalue weighted by atomic mass is 10.2. The third kappa shape index (κ3) is 5.09. The molecule has 0 saturated heterocycles. The predicted octanol–water partition coefficient (Wildman–Crippen LogP) is 1.99. The number of halogens is 1. The molecule has 0 aliphatic rings. The minimum Gasteiger partial charge on any atom is -0.484 e. The second-order valence-corrected chi connectivity index (χ2v) is 4.88. The predicted molar refractivity (Wildman–Crippen MR) is 75.8 cm³/mol. The number of esters is 1. The molecule has 0 saturated carbocycles. The van der Waals surface area contributed by atoms with Gasteiger partial charge in [0.25, 0.3) is 5.91 Å². The van der Waals surface area contributed by atoms with Crippen molar-refractivity contribution in [3.63, 3.8) is 0 Å². The Morgan fingerprint density at radius 1 is 1.40 bits per heavy atom. The Bertz CT molecular complexity index is 478. The van der Waals surface area contributed by atoms with E-state index in [4.69, 9.17) is 16.3 Å². The molecule has 6 heteroatoms. The Balaban J connectivity index is 2.44. The van der Waals surface area contributed by atoms with Gasteiger partial charge in [0, 0.05) is 18.6 Å². The van der Waals surface area contributed by atoms with Gasteiger partial charge in [0.15, 0.2) is 6.61 Å². The van der Waals surface area contributed by atoms with Gasteiger partial charge in [0.1, 0.15) is 5.75 Å². The third-order valence-electron chi connectivity index (χ3n) is 2.74. The Kier molecular flexibility index (Phi) is 6.31. The highest BCUT2D eigenvalue weighted by atomic mass is 35.5. The summed E-state index contributed by atoms with van der Waals surface area (Å²) in [6.45, 7) is 1.88. The largest absolute Gasteiger partial charge is 0.484 e. The lowest BCUT2D eigenvalue weighted by molar-refractivity contribution is -0.146. The third-order valence-corrected chi connectivity index (χ3v) is 2.97. The molecule has 1 atom stereocenters. The smallest absolute Gasteiger partial charge is 0.310 e. The highest BCUT2D eigenvalue weighted by Crippen LogP contribution is 2.17. The lowest BCUT2D eigenvalue weighted by Gasteiger charge is -2.20. The van der Waals surface area contributed by atoms with Gasteiger partial charge in [-0.2, -0.15) is 0 Å². The van der Waals surface area contributed by atoms with Crippen LogP contribution in [-0.4, -0.2) is 44.1 Å². The second-order valence-electron chi connectivity index (χ2n) is 4.44. The van der Waals surface area contributed by atoms with Crippen LogP contribution in [0.3, 0.4) is 0 Å². The second kappa shape index (κ2) is 7.75. The summed E-state index contributed by atoms with van der Waals surface area (Å²) in [6.07, 6.45) is 0. The van der Waals surface area contributed by atoms with Crippen molar-refractivity contribution in [1.29, 1.82) is 0 Å². The Morgan fingerprint density at radius 2 is 2.10 bits per heavy atom. The van der Waals surface area contributed by atoms with Crippen molar-refractivity contribution in [1.82, 2.24) is 4.90 Å². The lowest BCUT2D eigenvalue weighted by Crippen LogP contribution is -2.36. The number of carbonyl (C=O) groups is 2. The van der Waals surface area contributed by atoms with Gasteiger partial charge in [0.05, 0.1) is 13.0 Å². The van der Waals surface area contributed by atoms with Gasteiger partial charge in [-0.1, -0.05) is 24.6 Å². The summed E-state index contributed by atoms with van der Waals surface area (Å²) in [5, 5.41) is 0.544. The fraction of sp³-hybridized carbons (Fsp3) is 0.429. The Morgan fingerprint density at radius 3 is 2.70 bits per heavy atom. The summed E-state index contributed by atoms with van der Waals surface area (Å²) < 4.78 is 9.96. The van der Waals surface area contributed by atoms with Crippen molar-refractivity contribution in [3.8, 4) is 5.75 Å². The summed E-state index contributed by atoms with van der Waals surface area (Å²) >= 11 is 5.82. The van der Waals surface area contributed by atoms with Gasteiger partial charge in [-0.05, 0) is 18.2 Å². The molecule has 1 rings (SSSR count). The zero-order valence-corrected chi connectivity index (χ0v) is 12.5. The molecule has 0 N–H and O–H groups in total. The molecule has 1 aromatic carbocycles. The molecule has 0 fully saturated rings. The summed E-state index contributed by atoms with van der Waals surface area (Å²) in [5.74, 6) is -0.415. The maximum Gasteiger partial charge on any atom is 0.310 e. The first-order valence-electron chi connectivity index (χ1n) is 6.14. The molecule has 1 amide bonds. The highest BCUT2D eigenvalue weighted by molar-refractivity contribution is 6.30. The van der Waals surface area contributed by atoms with Gasteiger partial charge in [0.2, 0.25) is 0 Å². The molecule has 5 nitrogen and oxygen atoms in total. The molecule has 20 heavy (non-hydrogen) atoms. The number of likely N-dealkylation sites (N-methyl/N-ethyl adjacent to an activating group) is 1. The average molecular weight is 300 g/mol. The fourth-order valence-electron chi connectivity index (χ4n) is 1.60. The number of rotatable bonds is 6. The van der Waals surface area contributed by atoms with E-state index in [-0.39, 0.29) is 30.9 Å². The normalized spacial score (nSPS) is 11.6. The maximum atomic E-state index is 11.9. The van der Waals surface area contributed by atoms with Crippen LogP contribution in [-0.2, 0) is 14.3 Å². The minimum atomic E-state index is -0.375. The van der Waals surface area contributed by atoms with Gasteiger partial charge >= 0.3 is 5.97 Å². The van der Waals surface area contributed by atoms with Crippen LogP contribution in [0.25, 0.3) is 0 Å². The number of benzene rings is 1. The summed E-state index contributed by atoms with van der Waals surface area (Å²) in [4.78, 5) is 24.6. The minimum absolute atomic E-state index is 0.106. The number of hydrogen-bond donors (Lipinski definition) is 0. The van der Waals surface area contributed by atoms with Gasteiger partial charge in [-0.15, -0.1) is 0 Å². The summed E-state index contributed by atoms with van der Waals surface area (Å²) in [7, 11) is 2.94. The number of amides is 1. The SMILES string of the molecule is COC(=O)C(C)CN(C)C(=O)COc1cccc(Cl)c1. The molecule has 0 aromatic heterocycles. The van der Waals surface area contributed by atoms with Crippen LogP contribution in [0.4, 0.5) is 0 Å². The zero-order valence-electron chi connectivity index (χ0n) is 11.8. The molecule has 0 heterocycles. The van der Waals surface area contributed by atoms with Crippen molar-refractivity contribution in [3.05, 3.63) is 29.3 Å². The quantitative estimate of drug-likeness (QED) is 0.754. The fourth-order valence-corrected chi connectivity index (χ4v) is 1.78. The first-order valence-corrected chi connectivity index (χ1v) is 6.52. The molecular formula is C14H18ClNO4. The molecule has 0 bridgehead atoms. The van der Waals surface area contributed by atoms with Crippen molar-refractivity contribution in [2.75, 3.05) is 27.3 Å². The van der Waals surface area contributed by atoms with Crippen LogP contribution in [0.2, 0.25) is 5.02 Å². The van der Waals surface area contributed by atoms with E-state index in [1.165, 1.54) is 12.0 Å². The molecule has 0 radical (unpaired) electrons. The van der Waals surface area contributed by atoms with E-state index in [1.54, 1.807) is 38.2 Å². The van der Waals surface area contributed by atoms with Crippen LogP contribution in [0.15, 0.2) is 24.3 Å². The van der Waals surface area contributed by atoms with E-state index in [2.05, 4.69) is 4.74 Å². The topological polar surface area (TPSA) is 55.8 Å². The van der Waals surface area contributed by atoms with Crippen molar-refractivity contribution in [2.24, 2.45) is 5.92 Å². The van der Waals surface area contributed by atoms with E-state index in [9.17, 15) is 9.59 Å². The van der Waals surface area contributed by atoms with E-state index >= 15 is 0 Å². The van der Waals surface area contributed by atoms with Crippen LogP contribution in [0.1, 0.15) is 6.92 Å². The number of ether oxygens (including phenoxy) is 2. The summed E-state index contributed by atoms with van der Waals surface area (Å²) in [6, 6.07) is 6.81. The monoisotopic (exact) mass is 299 g/mol.